The number of nitrogens with zero attached hydrogens (tertiary/aromatic N) is 2. The second kappa shape index (κ2) is 3.92. The fraction of sp³-hybridized carbons (Fsp3) is 0.400. The van der Waals surface area contributed by atoms with Gasteiger partial charge in [0.25, 0.3) is 5.91 Å². The molecular weight excluding hydrogens is 202 g/mol. The first-order chi connectivity index (χ1) is 7.18. The third-order valence-electron chi connectivity index (χ3n) is 2.42. The monoisotopic (exact) mass is 212 g/mol. The van der Waals surface area contributed by atoms with Gasteiger partial charge in [0.2, 0.25) is 0 Å². The Morgan fingerprint density at radius 3 is 3.00 bits per heavy atom. The maximum absolute atomic E-state index is 13.2. The summed E-state index contributed by atoms with van der Waals surface area (Å²) in [6, 6.07) is 1.31. The van der Waals surface area contributed by atoms with Crippen LogP contribution < -0.4 is 0 Å². The van der Waals surface area contributed by atoms with Gasteiger partial charge >= 0.3 is 0 Å². The zero-order chi connectivity index (χ0) is 10.8. The number of carbonyl (C=O) groups excluding carboxylic acids is 1. The van der Waals surface area contributed by atoms with Crippen LogP contribution in [0.4, 0.5) is 8.78 Å². The van der Waals surface area contributed by atoms with Crippen molar-refractivity contribution in [1.82, 2.24) is 9.88 Å². The van der Waals surface area contributed by atoms with Gasteiger partial charge in [0.15, 0.2) is 5.82 Å². The number of alkyl halides is 1. The molecule has 0 bridgehead atoms. The molecule has 1 amide bonds. The molecule has 80 valence electrons. The number of aromatic nitrogens is 1. The van der Waals surface area contributed by atoms with Gasteiger partial charge < -0.3 is 4.90 Å². The molecule has 0 spiro atoms. The Hall–Kier alpha value is -1.52. The van der Waals surface area contributed by atoms with E-state index in [4.69, 9.17) is 0 Å². The van der Waals surface area contributed by atoms with E-state index in [9.17, 15) is 13.6 Å². The van der Waals surface area contributed by atoms with Crippen molar-refractivity contribution in [2.45, 2.75) is 12.6 Å². The van der Waals surface area contributed by atoms with Crippen LogP contribution in [-0.2, 0) is 0 Å². The van der Waals surface area contributed by atoms with Crippen LogP contribution in [0.25, 0.3) is 0 Å². The van der Waals surface area contributed by atoms with Crippen molar-refractivity contribution in [3.63, 3.8) is 0 Å². The topological polar surface area (TPSA) is 33.2 Å². The van der Waals surface area contributed by atoms with Gasteiger partial charge in [0.05, 0.1) is 18.3 Å². The van der Waals surface area contributed by atoms with Crippen molar-refractivity contribution in [3.8, 4) is 0 Å². The second-order valence-corrected chi connectivity index (χ2v) is 3.49. The Balaban J connectivity index is 2.18. The van der Waals surface area contributed by atoms with Crippen LogP contribution in [0.3, 0.4) is 0 Å². The van der Waals surface area contributed by atoms with E-state index in [1.54, 1.807) is 0 Å². The van der Waals surface area contributed by atoms with E-state index in [0.717, 1.165) is 6.20 Å². The highest BCUT2D eigenvalue weighted by molar-refractivity contribution is 5.94. The average molecular weight is 212 g/mol. The number of amides is 1. The SMILES string of the molecule is O=C(c1ccncc1F)N1CC[C@H](F)C1. The standard InChI is InChI=1S/C10H10F2N2O/c11-7-2-4-14(6-7)10(15)8-1-3-13-5-9(8)12/h1,3,5,7H,2,4,6H2/t7-/m0/s1. The highest BCUT2D eigenvalue weighted by Gasteiger charge is 2.27. The summed E-state index contributed by atoms with van der Waals surface area (Å²) in [6.45, 7) is 0.405. The van der Waals surface area contributed by atoms with Crippen molar-refractivity contribution >= 4 is 5.91 Å². The van der Waals surface area contributed by atoms with Crippen LogP contribution in [0, 0.1) is 5.82 Å². The first-order valence-electron chi connectivity index (χ1n) is 4.71. The third kappa shape index (κ3) is 1.95. The quantitative estimate of drug-likeness (QED) is 0.705. The number of pyridine rings is 1. The molecule has 1 aliphatic rings. The fourth-order valence-corrected chi connectivity index (χ4v) is 1.62. The van der Waals surface area contributed by atoms with Crippen LogP contribution in [0.2, 0.25) is 0 Å². The molecule has 0 aromatic carbocycles. The summed E-state index contributed by atoms with van der Waals surface area (Å²) in [7, 11) is 0. The summed E-state index contributed by atoms with van der Waals surface area (Å²) >= 11 is 0. The number of hydrogen-bond donors (Lipinski definition) is 0. The molecule has 15 heavy (non-hydrogen) atoms. The van der Waals surface area contributed by atoms with Crippen molar-refractivity contribution in [2.75, 3.05) is 13.1 Å². The molecule has 0 aliphatic carbocycles. The molecule has 0 radical (unpaired) electrons. The van der Waals surface area contributed by atoms with Crippen molar-refractivity contribution < 1.29 is 13.6 Å². The first-order valence-corrected chi connectivity index (χ1v) is 4.71. The summed E-state index contributed by atoms with van der Waals surface area (Å²) in [6.07, 6.45) is 1.67. The molecule has 1 aliphatic heterocycles. The summed E-state index contributed by atoms with van der Waals surface area (Å²) in [5.41, 5.74) is -0.0425. The van der Waals surface area contributed by atoms with Gasteiger partial charge in [-0.15, -0.1) is 0 Å². The number of halogens is 2. The average Bonchev–Trinajstić information content (AvgIpc) is 2.65. The third-order valence-corrected chi connectivity index (χ3v) is 2.42. The number of rotatable bonds is 1. The van der Waals surface area contributed by atoms with Crippen molar-refractivity contribution in [3.05, 3.63) is 29.8 Å². The highest BCUT2D eigenvalue weighted by atomic mass is 19.1. The maximum Gasteiger partial charge on any atom is 0.257 e. The molecule has 5 heteroatoms. The van der Waals surface area contributed by atoms with Crippen molar-refractivity contribution in [1.29, 1.82) is 0 Å². The molecule has 1 aromatic rings. The highest BCUT2D eigenvalue weighted by Crippen LogP contribution is 2.16. The lowest BCUT2D eigenvalue weighted by Gasteiger charge is -2.15. The van der Waals surface area contributed by atoms with Crippen LogP contribution in [-0.4, -0.2) is 35.1 Å². The largest absolute Gasteiger partial charge is 0.336 e. The van der Waals surface area contributed by atoms with E-state index in [1.807, 2.05) is 0 Å². The summed E-state index contributed by atoms with van der Waals surface area (Å²) in [5.74, 6) is -1.13. The van der Waals surface area contributed by atoms with Gasteiger partial charge in [-0.2, -0.15) is 0 Å². The fourth-order valence-electron chi connectivity index (χ4n) is 1.62. The summed E-state index contributed by atoms with van der Waals surface area (Å²) in [4.78, 5) is 16.6. The minimum absolute atomic E-state index is 0.0425. The molecule has 1 saturated heterocycles. The molecule has 1 aromatic heterocycles. The van der Waals surface area contributed by atoms with E-state index in [0.29, 0.717) is 13.0 Å². The van der Waals surface area contributed by atoms with E-state index in [1.165, 1.54) is 17.2 Å². The van der Waals surface area contributed by atoms with Crippen molar-refractivity contribution in [2.24, 2.45) is 0 Å². The lowest BCUT2D eigenvalue weighted by molar-refractivity contribution is 0.0778. The van der Waals surface area contributed by atoms with E-state index in [2.05, 4.69) is 4.98 Å². The summed E-state index contributed by atoms with van der Waals surface area (Å²) < 4.78 is 26.0. The van der Waals surface area contributed by atoms with Crippen LogP contribution >= 0.6 is 0 Å². The normalized spacial score (nSPS) is 20.7. The summed E-state index contributed by atoms with van der Waals surface area (Å²) in [5, 5.41) is 0. The number of likely N-dealkylation sites (tertiary alicyclic amines) is 1. The van der Waals surface area contributed by atoms with Gasteiger partial charge in [0, 0.05) is 12.7 Å². The predicted octanol–water partition coefficient (Wildman–Crippen LogP) is 1.40. The molecule has 0 unspecified atom stereocenters. The predicted molar refractivity (Wildman–Crippen MR) is 49.6 cm³/mol. The van der Waals surface area contributed by atoms with Gasteiger partial charge in [-0.05, 0) is 12.5 Å². The van der Waals surface area contributed by atoms with Crippen LogP contribution in [0.5, 0.6) is 0 Å². The van der Waals surface area contributed by atoms with Crippen LogP contribution in [0.15, 0.2) is 18.5 Å². The number of hydrogen-bond acceptors (Lipinski definition) is 2. The smallest absolute Gasteiger partial charge is 0.257 e. The van der Waals surface area contributed by atoms with Gasteiger partial charge in [-0.25, -0.2) is 8.78 Å². The Labute approximate surface area is 85.7 Å². The maximum atomic E-state index is 13.2. The Kier molecular flexibility index (Phi) is 2.62. The molecule has 0 N–H and O–H groups in total. The first kappa shape index (κ1) is 10.0. The lowest BCUT2D eigenvalue weighted by atomic mass is 10.2. The molecule has 3 nitrogen and oxygen atoms in total. The molecular formula is C10H10F2N2O. The number of carbonyl (C=O) groups is 1. The van der Waals surface area contributed by atoms with Crippen LogP contribution in [0.1, 0.15) is 16.8 Å². The molecule has 1 atom stereocenters. The van der Waals surface area contributed by atoms with E-state index in [-0.39, 0.29) is 12.1 Å². The van der Waals surface area contributed by atoms with Gasteiger partial charge in [0.1, 0.15) is 6.17 Å². The Morgan fingerprint density at radius 2 is 2.40 bits per heavy atom. The minimum Gasteiger partial charge on any atom is -0.336 e. The minimum atomic E-state index is -0.987. The second-order valence-electron chi connectivity index (χ2n) is 3.49. The lowest BCUT2D eigenvalue weighted by Crippen LogP contribution is -2.29. The Morgan fingerprint density at radius 1 is 1.60 bits per heavy atom. The molecule has 2 heterocycles. The Bertz CT molecular complexity index is 383. The van der Waals surface area contributed by atoms with E-state index < -0.39 is 17.9 Å². The van der Waals surface area contributed by atoms with Gasteiger partial charge in [-0.1, -0.05) is 0 Å². The molecule has 0 saturated carbocycles. The van der Waals surface area contributed by atoms with Gasteiger partial charge in [-0.3, -0.25) is 9.78 Å². The zero-order valence-electron chi connectivity index (χ0n) is 7.99. The molecule has 2 rings (SSSR count). The molecule has 1 fully saturated rings. The zero-order valence-corrected chi connectivity index (χ0v) is 7.99. The van der Waals surface area contributed by atoms with E-state index >= 15 is 0 Å².